The molecule has 1 atom stereocenters. The first-order chi connectivity index (χ1) is 9.59. The van der Waals surface area contributed by atoms with Crippen LogP contribution in [-0.4, -0.2) is 20.5 Å². The summed E-state index contributed by atoms with van der Waals surface area (Å²) >= 11 is 5.89. The summed E-state index contributed by atoms with van der Waals surface area (Å²) in [4.78, 5) is 0.621. The van der Waals surface area contributed by atoms with Crippen molar-refractivity contribution in [3.63, 3.8) is 0 Å². The van der Waals surface area contributed by atoms with Gasteiger partial charge in [-0.1, -0.05) is 41.9 Å². The third kappa shape index (κ3) is 2.51. The Morgan fingerprint density at radius 1 is 1.14 bits per heavy atom. The van der Waals surface area contributed by atoms with Gasteiger partial charge in [0.1, 0.15) is 10.7 Å². The quantitative estimate of drug-likeness (QED) is 0.832. The molecule has 0 saturated heterocycles. The highest BCUT2D eigenvalue weighted by Gasteiger charge is 2.31. The van der Waals surface area contributed by atoms with Gasteiger partial charge in [-0.05, 0) is 18.2 Å². The fourth-order valence-electron chi connectivity index (χ4n) is 2.12. The minimum absolute atomic E-state index is 0. The van der Waals surface area contributed by atoms with Gasteiger partial charge in [0.25, 0.3) is 0 Å². The Morgan fingerprint density at radius 2 is 1.81 bits per heavy atom. The van der Waals surface area contributed by atoms with E-state index in [0.29, 0.717) is 21.0 Å². The number of rotatable bonds is 2. The summed E-state index contributed by atoms with van der Waals surface area (Å²) in [5, 5.41) is 18.9. The number of benzene rings is 2. The molecule has 2 aromatic rings. The Kier molecular flexibility index (Phi) is 4.27. The molecule has 0 radical (unpaired) electrons. The molecule has 1 unspecified atom stereocenters. The van der Waals surface area contributed by atoms with E-state index < -0.39 is 10.8 Å². The van der Waals surface area contributed by atoms with Gasteiger partial charge in [0.15, 0.2) is 0 Å². The predicted molar refractivity (Wildman–Crippen MR) is 84.3 cm³/mol. The fraction of sp³-hybridized carbons (Fsp3) is 0. The van der Waals surface area contributed by atoms with Gasteiger partial charge >= 0.3 is 0 Å². The van der Waals surface area contributed by atoms with Crippen molar-refractivity contribution in [2.24, 2.45) is 0 Å². The number of aliphatic hydroxyl groups excluding tert-OH is 1. The minimum atomic E-state index is -1.56. The SMILES string of the molecule is N=C(C1=C(O)c2cc(Cl)ccc2S1=O)c1ccccc1.O. The molecule has 3 rings (SSSR count). The lowest BCUT2D eigenvalue weighted by Gasteiger charge is -2.04. The molecular formula is C15H12ClNO3S. The molecule has 6 heteroatoms. The van der Waals surface area contributed by atoms with Crippen LogP contribution in [0.1, 0.15) is 11.1 Å². The van der Waals surface area contributed by atoms with E-state index in [-0.39, 0.29) is 21.9 Å². The van der Waals surface area contributed by atoms with Crippen molar-refractivity contribution in [2.75, 3.05) is 0 Å². The second kappa shape index (κ2) is 5.81. The van der Waals surface area contributed by atoms with E-state index in [9.17, 15) is 9.32 Å². The van der Waals surface area contributed by atoms with Crippen molar-refractivity contribution in [3.8, 4) is 0 Å². The van der Waals surface area contributed by atoms with Crippen LogP contribution in [0.4, 0.5) is 0 Å². The second-order valence-corrected chi connectivity index (χ2v) is 6.15. The monoisotopic (exact) mass is 321 g/mol. The number of hydrogen-bond acceptors (Lipinski definition) is 3. The summed E-state index contributed by atoms with van der Waals surface area (Å²) in [6.07, 6.45) is 0. The Bertz CT molecular complexity index is 772. The maximum atomic E-state index is 12.4. The standard InChI is InChI=1S/C15H10ClNO2S.H2O/c16-10-6-7-12-11(8-10)14(18)15(20(12)19)13(17)9-4-2-1-3-5-9;/h1-8,17-18H;1H2. The third-order valence-electron chi connectivity index (χ3n) is 3.09. The first kappa shape index (κ1) is 15.4. The van der Waals surface area contributed by atoms with Crippen LogP contribution in [0.2, 0.25) is 5.02 Å². The molecule has 1 aliphatic rings. The molecule has 21 heavy (non-hydrogen) atoms. The Balaban J connectivity index is 0.00000161. The van der Waals surface area contributed by atoms with Gasteiger partial charge in [0, 0.05) is 16.1 Å². The Labute approximate surface area is 129 Å². The zero-order chi connectivity index (χ0) is 14.3. The van der Waals surface area contributed by atoms with Crippen LogP contribution < -0.4 is 0 Å². The van der Waals surface area contributed by atoms with E-state index in [4.69, 9.17) is 17.0 Å². The zero-order valence-electron chi connectivity index (χ0n) is 10.8. The summed E-state index contributed by atoms with van der Waals surface area (Å²) in [5.74, 6) is -0.130. The minimum Gasteiger partial charge on any atom is -0.506 e. The molecule has 0 saturated carbocycles. The predicted octanol–water partition coefficient (Wildman–Crippen LogP) is 2.93. The maximum absolute atomic E-state index is 12.4. The first-order valence-corrected chi connectivity index (χ1v) is 7.41. The molecular weight excluding hydrogens is 310 g/mol. The van der Waals surface area contributed by atoms with Crippen LogP contribution in [0.15, 0.2) is 58.3 Å². The fourth-order valence-corrected chi connectivity index (χ4v) is 3.64. The molecule has 0 bridgehead atoms. The number of allylic oxidation sites excluding steroid dienone is 1. The lowest BCUT2D eigenvalue weighted by molar-refractivity contribution is 0.511. The van der Waals surface area contributed by atoms with Crippen LogP contribution in [-0.2, 0) is 10.8 Å². The van der Waals surface area contributed by atoms with Crippen LogP contribution in [0.3, 0.4) is 0 Å². The normalized spacial score (nSPS) is 16.3. The van der Waals surface area contributed by atoms with Gasteiger partial charge in [-0.25, -0.2) is 4.21 Å². The highest BCUT2D eigenvalue weighted by atomic mass is 35.5. The molecule has 0 fully saturated rings. The zero-order valence-corrected chi connectivity index (χ0v) is 12.3. The van der Waals surface area contributed by atoms with E-state index in [2.05, 4.69) is 0 Å². The van der Waals surface area contributed by atoms with Gasteiger partial charge in [-0.2, -0.15) is 0 Å². The van der Waals surface area contributed by atoms with Crippen molar-refractivity contribution in [1.29, 1.82) is 5.41 Å². The molecule has 108 valence electrons. The topological polar surface area (TPSA) is 92.7 Å². The summed E-state index contributed by atoms with van der Waals surface area (Å²) < 4.78 is 12.4. The van der Waals surface area contributed by atoms with Crippen molar-refractivity contribution >= 4 is 33.9 Å². The average Bonchev–Trinajstić information content (AvgIpc) is 2.71. The summed E-state index contributed by atoms with van der Waals surface area (Å²) in [6.45, 7) is 0. The van der Waals surface area contributed by atoms with Crippen LogP contribution in [0.25, 0.3) is 5.76 Å². The van der Waals surface area contributed by atoms with E-state index in [1.807, 2.05) is 6.07 Å². The lowest BCUT2D eigenvalue weighted by atomic mass is 10.1. The van der Waals surface area contributed by atoms with E-state index in [1.54, 1.807) is 42.5 Å². The largest absolute Gasteiger partial charge is 0.506 e. The van der Waals surface area contributed by atoms with Gasteiger partial charge in [0.05, 0.1) is 21.4 Å². The molecule has 0 aromatic heterocycles. The van der Waals surface area contributed by atoms with E-state index in [1.165, 1.54) is 0 Å². The van der Waals surface area contributed by atoms with Gasteiger partial charge in [0.2, 0.25) is 0 Å². The molecule has 2 aromatic carbocycles. The van der Waals surface area contributed by atoms with Crippen molar-refractivity contribution in [2.45, 2.75) is 4.90 Å². The lowest BCUT2D eigenvalue weighted by Crippen LogP contribution is -2.07. The van der Waals surface area contributed by atoms with Gasteiger partial charge < -0.3 is 10.6 Å². The van der Waals surface area contributed by atoms with Crippen LogP contribution >= 0.6 is 11.6 Å². The summed E-state index contributed by atoms with van der Waals surface area (Å²) in [5.41, 5.74) is 1.11. The third-order valence-corrected chi connectivity index (χ3v) is 4.85. The maximum Gasteiger partial charge on any atom is 0.142 e. The smallest absolute Gasteiger partial charge is 0.142 e. The van der Waals surface area contributed by atoms with Crippen LogP contribution in [0.5, 0.6) is 0 Å². The highest BCUT2D eigenvalue weighted by molar-refractivity contribution is 7.90. The van der Waals surface area contributed by atoms with E-state index in [0.717, 1.165) is 0 Å². The Hall–Kier alpha value is -1.95. The highest BCUT2D eigenvalue weighted by Crippen LogP contribution is 2.37. The number of hydrogen-bond donors (Lipinski definition) is 2. The van der Waals surface area contributed by atoms with Gasteiger partial charge in [-0.15, -0.1) is 0 Å². The molecule has 0 amide bonds. The first-order valence-electron chi connectivity index (χ1n) is 5.89. The molecule has 1 aliphatic heterocycles. The van der Waals surface area contributed by atoms with Crippen molar-refractivity contribution in [3.05, 3.63) is 69.6 Å². The summed E-state index contributed by atoms with van der Waals surface area (Å²) in [6, 6.07) is 13.7. The van der Waals surface area contributed by atoms with Crippen molar-refractivity contribution in [1.82, 2.24) is 0 Å². The number of aliphatic hydroxyl groups is 1. The molecule has 0 aliphatic carbocycles. The molecule has 4 N–H and O–H groups in total. The Morgan fingerprint density at radius 3 is 2.48 bits per heavy atom. The number of halogens is 1. The van der Waals surface area contributed by atoms with Crippen molar-refractivity contribution < 1.29 is 14.8 Å². The van der Waals surface area contributed by atoms with Crippen LogP contribution in [0, 0.1) is 5.41 Å². The average molecular weight is 322 g/mol. The molecule has 0 spiro atoms. The molecule has 4 nitrogen and oxygen atoms in total. The van der Waals surface area contributed by atoms with Gasteiger partial charge in [-0.3, -0.25) is 5.41 Å². The van der Waals surface area contributed by atoms with E-state index >= 15 is 0 Å². The summed E-state index contributed by atoms with van der Waals surface area (Å²) in [7, 11) is -1.56. The second-order valence-electron chi connectivity index (χ2n) is 4.33. The molecule has 1 heterocycles. The number of nitrogens with one attached hydrogen (secondary N) is 1. The number of fused-ring (bicyclic) bond motifs is 1.